The summed E-state index contributed by atoms with van der Waals surface area (Å²) in [4.78, 5) is 26.4. The van der Waals surface area contributed by atoms with Crippen LogP contribution in [0, 0.1) is 11.8 Å². The van der Waals surface area contributed by atoms with Crippen LogP contribution in [-0.4, -0.2) is 47.6 Å². The summed E-state index contributed by atoms with van der Waals surface area (Å²) in [5.74, 6) is -1.94. The van der Waals surface area contributed by atoms with E-state index in [1.54, 1.807) is 0 Å². The third-order valence-electron chi connectivity index (χ3n) is 5.30. The first-order valence-electron chi connectivity index (χ1n) is 8.33. The van der Waals surface area contributed by atoms with Crippen LogP contribution >= 0.6 is 0 Å². The van der Waals surface area contributed by atoms with Gasteiger partial charge >= 0.3 is 5.97 Å². The smallest absolute Gasteiger partial charge is 0.307 e. The third-order valence-corrected chi connectivity index (χ3v) is 5.30. The number of nitrogens with one attached hydrogen (secondary N) is 1. The Labute approximate surface area is 132 Å². The number of nitrogens with zero attached hydrogens (tertiary/aromatic N) is 1. The van der Waals surface area contributed by atoms with Crippen molar-refractivity contribution < 1.29 is 14.7 Å². The zero-order valence-corrected chi connectivity index (χ0v) is 13.9. The van der Waals surface area contributed by atoms with E-state index in [0.29, 0.717) is 12.8 Å². The van der Waals surface area contributed by atoms with Crippen LogP contribution in [0.4, 0.5) is 0 Å². The van der Waals surface area contributed by atoms with Gasteiger partial charge in [-0.25, -0.2) is 0 Å². The van der Waals surface area contributed by atoms with Gasteiger partial charge in [0.1, 0.15) is 0 Å². The van der Waals surface area contributed by atoms with Crippen LogP contribution in [0.15, 0.2) is 11.1 Å². The highest BCUT2D eigenvalue weighted by Gasteiger charge is 2.38. The normalized spacial score (nSPS) is 27.8. The first-order chi connectivity index (χ1) is 10.4. The van der Waals surface area contributed by atoms with E-state index in [-0.39, 0.29) is 11.9 Å². The molecular weight excluding hydrogens is 280 g/mol. The molecule has 1 saturated heterocycles. The van der Waals surface area contributed by atoms with Gasteiger partial charge in [0.05, 0.1) is 11.8 Å². The Hall–Kier alpha value is -1.36. The van der Waals surface area contributed by atoms with Crippen LogP contribution in [0.5, 0.6) is 0 Å². The molecule has 2 rings (SSSR count). The average Bonchev–Trinajstić information content (AvgIpc) is 2.50. The average molecular weight is 308 g/mol. The van der Waals surface area contributed by atoms with Crippen molar-refractivity contribution in [3.8, 4) is 0 Å². The lowest BCUT2D eigenvalue weighted by molar-refractivity contribution is -0.147. The Morgan fingerprint density at radius 2 is 1.68 bits per heavy atom. The zero-order chi connectivity index (χ0) is 16.3. The maximum atomic E-state index is 12.6. The fraction of sp³-hybridized carbons (Fsp3) is 0.765. The van der Waals surface area contributed by atoms with Gasteiger partial charge in [-0.3, -0.25) is 9.59 Å². The predicted octanol–water partition coefficient (Wildman–Crippen LogP) is 2.03. The van der Waals surface area contributed by atoms with Gasteiger partial charge < -0.3 is 15.3 Å². The highest BCUT2D eigenvalue weighted by atomic mass is 16.4. The Morgan fingerprint density at radius 3 is 2.18 bits per heavy atom. The summed E-state index contributed by atoms with van der Waals surface area (Å²) in [6.07, 6.45) is 2.98. The Balaban J connectivity index is 1.97. The van der Waals surface area contributed by atoms with Gasteiger partial charge in [0.25, 0.3) is 0 Å². The molecule has 5 heteroatoms. The molecule has 1 fully saturated rings. The molecule has 5 nitrogen and oxygen atoms in total. The van der Waals surface area contributed by atoms with Crippen LogP contribution in [0.3, 0.4) is 0 Å². The maximum absolute atomic E-state index is 12.6. The van der Waals surface area contributed by atoms with Crippen molar-refractivity contribution in [2.45, 2.75) is 52.5 Å². The molecular formula is C17H28N2O3. The SMILES string of the molecule is CCN1CCC(NC(=O)[C@H]2CC(C)=C(C)C[C@H]2C(=O)O)CC1. The molecule has 0 spiro atoms. The summed E-state index contributed by atoms with van der Waals surface area (Å²) < 4.78 is 0. The number of carbonyl (C=O) groups is 2. The number of allylic oxidation sites excluding steroid dienone is 2. The highest BCUT2D eigenvalue weighted by Crippen LogP contribution is 2.34. The number of carbonyl (C=O) groups excluding carboxylic acids is 1. The summed E-state index contributed by atoms with van der Waals surface area (Å²) in [5.41, 5.74) is 2.28. The summed E-state index contributed by atoms with van der Waals surface area (Å²) in [5, 5.41) is 12.5. The highest BCUT2D eigenvalue weighted by molar-refractivity contribution is 5.85. The van der Waals surface area contributed by atoms with Gasteiger partial charge in [-0.05, 0) is 46.1 Å². The Kier molecular flexibility index (Phi) is 5.62. The summed E-state index contributed by atoms with van der Waals surface area (Å²) >= 11 is 0. The van der Waals surface area contributed by atoms with Crippen LogP contribution in [0.2, 0.25) is 0 Å². The third kappa shape index (κ3) is 3.88. The van der Waals surface area contributed by atoms with Gasteiger partial charge in [0.2, 0.25) is 5.91 Å². The minimum Gasteiger partial charge on any atom is -0.481 e. The van der Waals surface area contributed by atoms with E-state index in [9.17, 15) is 14.7 Å². The minimum atomic E-state index is -0.854. The van der Waals surface area contributed by atoms with Crippen LogP contribution in [-0.2, 0) is 9.59 Å². The standard InChI is InChI=1S/C17H28N2O3/c1-4-19-7-5-13(6-8-19)18-16(20)14-9-11(2)12(3)10-15(14)17(21)22/h13-15H,4-10H2,1-3H3,(H,18,20)(H,21,22)/t14-,15+/m0/s1. The quantitative estimate of drug-likeness (QED) is 0.780. The number of piperidine rings is 1. The second kappa shape index (κ2) is 7.27. The van der Waals surface area contributed by atoms with Gasteiger partial charge in [-0.1, -0.05) is 18.1 Å². The number of aliphatic carboxylic acids is 1. The van der Waals surface area contributed by atoms with Gasteiger partial charge in [-0.2, -0.15) is 0 Å². The van der Waals surface area contributed by atoms with Crippen molar-refractivity contribution in [2.24, 2.45) is 11.8 Å². The number of hydrogen-bond donors (Lipinski definition) is 2. The van der Waals surface area contributed by atoms with E-state index in [1.807, 2.05) is 13.8 Å². The fourth-order valence-corrected chi connectivity index (χ4v) is 3.53. The van der Waals surface area contributed by atoms with Crippen molar-refractivity contribution in [2.75, 3.05) is 19.6 Å². The lowest BCUT2D eigenvalue weighted by atomic mass is 9.76. The van der Waals surface area contributed by atoms with E-state index in [0.717, 1.165) is 38.0 Å². The van der Waals surface area contributed by atoms with Crippen LogP contribution in [0.1, 0.15) is 46.5 Å². The van der Waals surface area contributed by atoms with Crippen molar-refractivity contribution in [3.05, 3.63) is 11.1 Å². The van der Waals surface area contributed by atoms with E-state index in [2.05, 4.69) is 17.1 Å². The molecule has 0 aromatic carbocycles. The monoisotopic (exact) mass is 308 g/mol. The van der Waals surface area contributed by atoms with Crippen molar-refractivity contribution >= 4 is 11.9 Å². The van der Waals surface area contributed by atoms with Gasteiger partial charge in [0.15, 0.2) is 0 Å². The van der Waals surface area contributed by atoms with Crippen LogP contribution in [0.25, 0.3) is 0 Å². The fourth-order valence-electron chi connectivity index (χ4n) is 3.53. The molecule has 1 aliphatic heterocycles. The second-order valence-corrected chi connectivity index (χ2v) is 6.74. The molecule has 2 atom stereocenters. The molecule has 22 heavy (non-hydrogen) atoms. The molecule has 0 aromatic heterocycles. The van der Waals surface area contributed by atoms with E-state index < -0.39 is 17.8 Å². The molecule has 124 valence electrons. The Morgan fingerprint density at radius 1 is 1.14 bits per heavy atom. The molecule has 2 N–H and O–H groups in total. The summed E-state index contributed by atoms with van der Waals surface area (Å²) in [7, 11) is 0. The lowest BCUT2D eigenvalue weighted by Crippen LogP contribution is -2.48. The van der Waals surface area contributed by atoms with Crippen LogP contribution < -0.4 is 5.32 Å². The molecule has 2 aliphatic rings. The largest absolute Gasteiger partial charge is 0.481 e. The van der Waals surface area contributed by atoms with Gasteiger partial charge in [-0.15, -0.1) is 0 Å². The molecule has 0 radical (unpaired) electrons. The molecule has 0 aromatic rings. The predicted molar refractivity (Wildman–Crippen MR) is 85.5 cm³/mol. The molecule has 0 saturated carbocycles. The number of carboxylic acid groups (broad SMARTS) is 1. The molecule has 1 aliphatic carbocycles. The molecule has 1 heterocycles. The number of likely N-dealkylation sites (tertiary alicyclic amines) is 1. The number of amides is 1. The second-order valence-electron chi connectivity index (χ2n) is 6.74. The summed E-state index contributed by atoms with van der Waals surface area (Å²) in [6.45, 7) is 9.19. The minimum absolute atomic E-state index is 0.0748. The van der Waals surface area contributed by atoms with Crippen molar-refractivity contribution in [1.29, 1.82) is 0 Å². The first kappa shape index (κ1) is 17.0. The molecule has 0 bridgehead atoms. The lowest BCUT2D eigenvalue weighted by Gasteiger charge is -2.34. The Bertz CT molecular complexity index is 465. The van der Waals surface area contributed by atoms with Crippen molar-refractivity contribution in [3.63, 3.8) is 0 Å². The van der Waals surface area contributed by atoms with E-state index >= 15 is 0 Å². The van der Waals surface area contributed by atoms with Crippen molar-refractivity contribution in [1.82, 2.24) is 10.2 Å². The van der Waals surface area contributed by atoms with Gasteiger partial charge in [0, 0.05) is 19.1 Å². The number of carboxylic acids is 1. The topological polar surface area (TPSA) is 69.6 Å². The molecule has 1 amide bonds. The number of hydrogen-bond acceptors (Lipinski definition) is 3. The number of rotatable bonds is 4. The zero-order valence-electron chi connectivity index (χ0n) is 13.9. The molecule has 0 unspecified atom stereocenters. The summed E-state index contributed by atoms with van der Waals surface area (Å²) in [6, 6.07) is 0.192. The van der Waals surface area contributed by atoms with E-state index in [1.165, 1.54) is 5.57 Å². The van der Waals surface area contributed by atoms with E-state index in [4.69, 9.17) is 0 Å². The maximum Gasteiger partial charge on any atom is 0.307 e. The first-order valence-corrected chi connectivity index (χ1v) is 8.33.